The van der Waals surface area contributed by atoms with Crippen molar-refractivity contribution >= 4 is 11.7 Å². The van der Waals surface area contributed by atoms with Crippen LogP contribution in [0.25, 0.3) is 0 Å². The van der Waals surface area contributed by atoms with Gasteiger partial charge in [-0.15, -0.1) is 0 Å². The predicted octanol–water partition coefficient (Wildman–Crippen LogP) is 2.32. The molecule has 1 saturated heterocycles. The Balaban J connectivity index is 1.99. The molecule has 1 aromatic carbocycles. The highest BCUT2D eigenvalue weighted by molar-refractivity contribution is 5.74. The van der Waals surface area contributed by atoms with Gasteiger partial charge in [-0.3, -0.25) is 0 Å². The van der Waals surface area contributed by atoms with E-state index in [1.54, 1.807) is 0 Å². The van der Waals surface area contributed by atoms with E-state index in [4.69, 9.17) is 0 Å². The van der Waals surface area contributed by atoms with Crippen LogP contribution in [0.1, 0.15) is 19.8 Å². The molecule has 1 N–H and O–H groups in total. The third-order valence-corrected chi connectivity index (χ3v) is 3.71. The number of nitrogens with one attached hydrogen (secondary N) is 1. The van der Waals surface area contributed by atoms with E-state index < -0.39 is 0 Å². The molecule has 0 aromatic heterocycles. The molecule has 1 aromatic rings. The zero-order valence-electron chi connectivity index (χ0n) is 11.8. The highest BCUT2D eigenvalue weighted by Crippen LogP contribution is 2.21. The zero-order chi connectivity index (χ0) is 13.7. The molecule has 0 spiro atoms. The predicted molar refractivity (Wildman–Crippen MR) is 78.5 cm³/mol. The quantitative estimate of drug-likeness (QED) is 0.906. The first-order valence-corrected chi connectivity index (χ1v) is 7.03. The van der Waals surface area contributed by atoms with Crippen molar-refractivity contribution in [2.75, 3.05) is 31.6 Å². The van der Waals surface area contributed by atoms with E-state index in [1.807, 2.05) is 24.9 Å². The molecule has 1 fully saturated rings. The fourth-order valence-corrected chi connectivity index (χ4v) is 2.59. The van der Waals surface area contributed by atoms with E-state index in [9.17, 15) is 4.79 Å². The van der Waals surface area contributed by atoms with Crippen molar-refractivity contribution in [2.45, 2.75) is 25.8 Å². The van der Waals surface area contributed by atoms with Crippen LogP contribution in [0.3, 0.4) is 0 Å². The number of likely N-dealkylation sites (N-methyl/N-ethyl adjacent to an activating group) is 1. The second kappa shape index (κ2) is 6.45. The summed E-state index contributed by atoms with van der Waals surface area (Å²) >= 11 is 0. The summed E-state index contributed by atoms with van der Waals surface area (Å²) in [4.78, 5) is 16.1. The van der Waals surface area contributed by atoms with Crippen LogP contribution in [0, 0.1) is 0 Å². The molecule has 0 bridgehead atoms. The fourth-order valence-electron chi connectivity index (χ4n) is 2.59. The Bertz CT molecular complexity index is 407. The minimum absolute atomic E-state index is 0.0300. The summed E-state index contributed by atoms with van der Waals surface area (Å²) in [6.45, 7) is 4.61. The number of nitrogens with zero attached hydrogens (tertiary/aromatic N) is 2. The van der Waals surface area contributed by atoms with Crippen molar-refractivity contribution in [1.82, 2.24) is 10.2 Å². The third-order valence-electron chi connectivity index (χ3n) is 3.71. The number of hydrogen-bond acceptors (Lipinski definition) is 2. The van der Waals surface area contributed by atoms with Crippen molar-refractivity contribution in [1.29, 1.82) is 0 Å². The molecule has 19 heavy (non-hydrogen) atoms. The highest BCUT2D eigenvalue weighted by Gasteiger charge is 2.25. The number of rotatable bonds is 3. The largest absolute Gasteiger partial charge is 0.369 e. The summed E-state index contributed by atoms with van der Waals surface area (Å²) < 4.78 is 0. The van der Waals surface area contributed by atoms with E-state index in [0.717, 1.165) is 25.9 Å². The van der Waals surface area contributed by atoms with Gasteiger partial charge in [0.25, 0.3) is 0 Å². The van der Waals surface area contributed by atoms with Gasteiger partial charge in [0.05, 0.1) is 6.04 Å². The van der Waals surface area contributed by atoms with Crippen LogP contribution < -0.4 is 10.2 Å². The van der Waals surface area contributed by atoms with Gasteiger partial charge in [-0.25, -0.2) is 4.79 Å². The number of benzene rings is 1. The van der Waals surface area contributed by atoms with Gasteiger partial charge in [0, 0.05) is 32.4 Å². The number of amides is 2. The highest BCUT2D eigenvalue weighted by atomic mass is 16.2. The van der Waals surface area contributed by atoms with Crippen LogP contribution in [-0.4, -0.2) is 43.7 Å². The molecule has 4 nitrogen and oxygen atoms in total. The lowest BCUT2D eigenvalue weighted by atomic mass is 10.0. The summed E-state index contributed by atoms with van der Waals surface area (Å²) in [7, 11) is 1.89. The first-order chi connectivity index (χ1) is 9.22. The van der Waals surface area contributed by atoms with Gasteiger partial charge < -0.3 is 15.1 Å². The number of urea groups is 1. The number of anilines is 1. The number of carbonyl (C=O) groups excluding carboxylic acids is 1. The molecule has 0 radical (unpaired) electrons. The molecule has 1 unspecified atom stereocenters. The normalized spacial score (nSPS) is 19.1. The molecule has 2 amide bonds. The molecule has 104 valence electrons. The molecule has 0 saturated carbocycles. The van der Waals surface area contributed by atoms with Gasteiger partial charge >= 0.3 is 6.03 Å². The number of hydrogen-bond donors (Lipinski definition) is 1. The van der Waals surface area contributed by atoms with Crippen LogP contribution in [-0.2, 0) is 0 Å². The topological polar surface area (TPSA) is 35.6 Å². The first kappa shape index (κ1) is 13.7. The van der Waals surface area contributed by atoms with Crippen molar-refractivity contribution in [3.05, 3.63) is 30.3 Å². The van der Waals surface area contributed by atoms with Gasteiger partial charge in [-0.2, -0.15) is 0 Å². The number of carbonyl (C=O) groups is 1. The molecule has 0 aliphatic carbocycles. The van der Waals surface area contributed by atoms with Crippen molar-refractivity contribution in [3.8, 4) is 0 Å². The van der Waals surface area contributed by atoms with E-state index in [0.29, 0.717) is 12.6 Å². The van der Waals surface area contributed by atoms with Crippen molar-refractivity contribution in [2.24, 2.45) is 0 Å². The van der Waals surface area contributed by atoms with E-state index >= 15 is 0 Å². The Hall–Kier alpha value is -1.71. The third kappa shape index (κ3) is 3.40. The lowest BCUT2D eigenvalue weighted by Gasteiger charge is -2.38. The lowest BCUT2D eigenvalue weighted by molar-refractivity contribution is 0.183. The summed E-state index contributed by atoms with van der Waals surface area (Å²) in [5.74, 6) is 0. The first-order valence-electron chi connectivity index (χ1n) is 7.03. The molecule has 1 aliphatic rings. The maximum Gasteiger partial charge on any atom is 0.317 e. The second-order valence-electron chi connectivity index (χ2n) is 5.02. The van der Waals surface area contributed by atoms with Gasteiger partial charge in [0.2, 0.25) is 0 Å². The van der Waals surface area contributed by atoms with Crippen LogP contribution in [0.2, 0.25) is 0 Å². The van der Waals surface area contributed by atoms with Crippen LogP contribution in [0.15, 0.2) is 30.3 Å². The monoisotopic (exact) mass is 261 g/mol. The van der Waals surface area contributed by atoms with Crippen molar-refractivity contribution < 1.29 is 4.79 Å². The molecule has 1 atom stereocenters. The summed E-state index contributed by atoms with van der Waals surface area (Å²) in [6, 6.07) is 10.7. The van der Waals surface area contributed by atoms with Crippen LogP contribution in [0.5, 0.6) is 0 Å². The van der Waals surface area contributed by atoms with E-state index in [1.165, 1.54) is 5.69 Å². The van der Waals surface area contributed by atoms with E-state index in [2.05, 4.69) is 34.5 Å². The summed E-state index contributed by atoms with van der Waals surface area (Å²) in [6.07, 6.45) is 2.21. The maximum absolute atomic E-state index is 11.9. The molecule has 1 heterocycles. The number of para-hydroxylation sites is 1. The van der Waals surface area contributed by atoms with Gasteiger partial charge in [0.1, 0.15) is 0 Å². The van der Waals surface area contributed by atoms with Crippen LogP contribution in [0.4, 0.5) is 10.5 Å². The lowest BCUT2D eigenvalue weighted by Crippen LogP contribution is -2.51. The average Bonchev–Trinajstić information content (AvgIpc) is 2.48. The summed E-state index contributed by atoms with van der Waals surface area (Å²) in [5.41, 5.74) is 1.25. The van der Waals surface area contributed by atoms with Crippen molar-refractivity contribution in [3.63, 3.8) is 0 Å². The Morgan fingerprint density at radius 3 is 2.84 bits per heavy atom. The smallest absolute Gasteiger partial charge is 0.317 e. The Kier molecular flexibility index (Phi) is 4.66. The molecule has 1 aliphatic heterocycles. The van der Waals surface area contributed by atoms with E-state index in [-0.39, 0.29) is 6.03 Å². The zero-order valence-corrected chi connectivity index (χ0v) is 11.8. The second-order valence-corrected chi connectivity index (χ2v) is 5.02. The van der Waals surface area contributed by atoms with Gasteiger partial charge in [-0.05, 0) is 31.9 Å². The Morgan fingerprint density at radius 1 is 1.42 bits per heavy atom. The fraction of sp³-hybridized carbons (Fsp3) is 0.533. The number of piperidine rings is 1. The Labute approximate surface area is 115 Å². The maximum atomic E-state index is 11.9. The van der Waals surface area contributed by atoms with Crippen LogP contribution >= 0.6 is 0 Å². The SMILES string of the molecule is CCNC(=O)N(C)C1CCCN(c2ccccc2)C1. The minimum Gasteiger partial charge on any atom is -0.369 e. The molecular formula is C15H23N3O. The summed E-state index contributed by atoms with van der Waals surface area (Å²) in [5, 5.41) is 2.87. The molecular weight excluding hydrogens is 238 g/mol. The average molecular weight is 261 g/mol. The van der Waals surface area contributed by atoms with Gasteiger partial charge in [0.15, 0.2) is 0 Å². The molecule has 2 rings (SSSR count). The minimum atomic E-state index is 0.0300. The standard InChI is InChI=1S/C15H23N3O/c1-3-16-15(19)17(2)14-10-7-11-18(12-14)13-8-5-4-6-9-13/h4-6,8-9,14H,3,7,10-12H2,1-2H3,(H,16,19). The van der Waals surface area contributed by atoms with Gasteiger partial charge in [-0.1, -0.05) is 18.2 Å². The molecule has 4 heteroatoms. The Morgan fingerprint density at radius 2 is 2.16 bits per heavy atom.